The first-order valence-corrected chi connectivity index (χ1v) is 5.05. The Balaban J connectivity index is 2.57. The first-order valence-electron chi connectivity index (χ1n) is 5.05. The molecule has 0 heterocycles. The van der Waals surface area contributed by atoms with Crippen LogP contribution in [-0.4, -0.2) is 13.1 Å². The van der Waals surface area contributed by atoms with Gasteiger partial charge in [0.05, 0.1) is 7.11 Å². The number of hydrogen-bond acceptors (Lipinski definition) is 2. The lowest BCUT2D eigenvalue weighted by Gasteiger charge is -2.30. The Morgan fingerprint density at radius 2 is 2.08 bits per heavy atom. The molecule has 0 aromatic carbocycles. The number of ether oxygens (including phenoxy) is 1. The molecule has 0 amide bonds. The summed E-state index contributed by atoms with van der Waals surface area (Å²) in [5, 5.41) is 0. The maximum Gasteiger partial charge on any atom is 0.305 e. The van der Waals surface area contributed by atoms with Crippen LogP contribution in [0.1, 0.15) is 40.0 Å². The van der Waals surface area contributed by atoms with Gasteiger partial charge in [0.15, 0.2) is 0 Å². The molecule has 1 rings (SSSR count). The lowest BCUT2D eigenvalue weighted by atomic mass is 9.75. The minimum absolute atomic E-state index is 0.0628. The van der Waals surface area contributed by atoms with Crippen LogP contribution in [0.3, 0.4) is 0 Å². The molecule has 0 aromatic rings. The van der Waals surface area contributed by atoms with Gasteiger partial charge in [0.1, 0.15) is 0 Å². The molecule has 1 fully saturated rings. The summed E-state index contributed by atoms with van der Waals surface area (Å²) in [5.74, 6) is 1.17. The summed E-state index contributed by atoms with van der Waals surface area (Å²) in [4.78, 5) is 11.1. The van der Waals surface area contributed by atoms with E-state index < -0.39 is 0 Å². The number of carbonyl (C=O) groups excluding carboxylic acids is 1. The molecule has 1 aliphatic rings. The van der Waals surface area contributed by atoms with Crippen molar-refractivity contribution < 1.29 is 9.53 Å². The third-order valence-corrected chi connectivity index (χ3v) is 3.91. The average Bonchev–Trinajstić information content (AvgIpc) is 2.31. The molecule has 1 saturated carbocycles. The molecule has 1 aliphatic carbocycles. The fourth-order valence-electron chi connectivity index (χ4n) is 2.25. The molecule has 0 aromatic heterocycles. The lowest BCUT2D eigenvalue weighted by Crippen LogP contribution is -2.25. The van der Waals surface area contributed by atoms with E-state index >= 15 is 0 Å². The molecular formula is C11H20O2. The van der Waals surface area contributed by atoms with Crippen molar-refractivity contribution in [1.82, 2.24) is 0 Å². The van der Waals surface area contributed by atoms with Gasteiger partial charge in [-0.1, -0.05) is 20.8 Å². The fourth-order valence-corrected chi connectivity index (χ4v) is 2.25. The molecule has 2 nitrogen and oxygen atoms in total. The van der Waals surface area contributed by atoms with Crippen molar-refractivity contribution >= 4 is 5.97 Å². The maximum absolute atomic E-state index is 11.1. The topological polar surface area (TPSA) is 26.3 Å². The molecule has 2 atom stereocenters. The van der Waals surface area contributed by atoms with Crippen LogP contribution in [-0.2, 0) is 9.53 Å². The van der Waals surface area contributed by atoms with Crippen LogP contribution in [0.25, 0.3) is 0 Å². The summed E-state index contributed by atoms with van der Waals surface area (Å²) in [6, 6.07) is 0. The van der Waals surface area contributed by atoms with E-state index in [9.17, 15) is 4.79 Å². The first-order chi connectivity index (χ1) is 5.98. The van der Waals surface area contributed by atoms with Gasteiger partial charge < -0.3 is 4.74 Å². The van der Waals surface area contributed by atoms with Crippen LogP contribution in [0.2, 0.25) is 0 Å². The zero-order chi connectivity index (χ0) is 10.1. The Morgan fingerprint density at radius 1 is 1.46 bits per heavy atom. The Kier molecular flexibility index (Phi) is 2.99. The first kappa shape index (κ1) is 10.6. The van der Waals surface area contributed by atoms with Crippen LogP contribution < -0.4 is 0 Å². The Bertz CT molecular complexity index is 196. The van der Waals surface area contributed by atoms with E-state index in [1.165, 1.54) is 20.0 Å². The highest BCUT2D eigenvalue weighted by molar-refractivity contribution is 5.69. The Hall–Kier alpha value is -0.530. The smallest absolute Gasteiger partial charge is 0.305 e. The molecule has 0 aliphatic heterocycles. The molecule has 76 valence electrons. The van der Waals surface area contributed by atoms with Crippen LogP contribution in [0, 0.1) is 17.3 Å². The minimum Gasteiger partial charge on any atom is -0.469 e. The van der Waals surface area contributed by atoms with E-state index in [1.807, 2.05) is 0 Å². The molecule has 0 unspecified atom stereocenters. The van der Waals surface area contributed by atoms with E-state index in [2.05, 4.69) is 20.8 Å². The Morgan fingerprint density at radius 3 is 2.46 bits per heavy atom. The number of esters is 1. The molecule has 2 heteroatoms. The quantitative estimate of drug-likeness (QED) is 0.617. The summed E-state index contributed by atoms with van der Waals surface area (Å²) in [6.07, 6.45) is 3.01. The average molecular weight is 184 g/mol. The van der Waals surface area contributed by atoms with Crippen LogP contribution in [0.15, 0.2) is 0 Å². The number of methoxy groups -OCH3 is 1. The highest BCUT2D eigenvalue weighted by Gasteiger charge is 2.41. The third-order valence-electron chi connectivity index (χ3n) is 3.91. The van der Waals surface area contributed by atoms with Gasteiger partial charge in [-0.2, -0.15) is 0 Å². The summed E-state index contributed by atoms with van der Waals surface area (Å²) < 4.78 is 4.70. The van der Waals surface area contributed by atoms with Gasteiger partial charge in [0, 0.05) is 6.42 Å². The fraction of sp³-hybridized carbons (Fsp3) is 0.909. The predicted molar refractivity (Wildman–Crippen MR) is 52.3 cm³/mol. The largest absolute Gasteiger partial charge is 0.469 e. The zero-order valence-corrected chi connectivity index (χ0v) is 9.09. The van der Waals surface area contributed by atoms with E-state index in [1.54, 1.807) is 0 Å². The van der Waals surface area contributed by atoms with Crippen LogP contribution >= 0.6 is 0 Å². The molecular weight excluding hydrogens is 164 g/mol. The van der Waals surface area contributed by atoms with Gasteiger partial charge in [-0.05, 0) is 30.1 Å². The van der Waals surface area contributed by atoms with Gasteiger partial charge in [-0.3, -0.25) is 4.79 Å². The minimum atomic E-state index is -0.0628. The van der Waals surface area contributed by atoms with Crippen LogP contribution in [0.5, 0.6) is 0 Å². The standard InChI is InChI=1S/C11H20O2/c1-8-5-6-9(11(8,2)3)7-10(12)13-4/h8-9H,5-7H2,1-4H3/t8-,9+/m0/s1. The summed E-state index contributed by atoms with van der Waals surface area (Å²) in [7, 11) is 1.47. The Labute approximate surface area is 80.7 Å². The number of carbonyl (C=O) groups is 1. The highest BCUT2D eigenvalue weighted by Crippen LogP contribution is 2.48. The van der Waals surface area contributed by atoms with Crippen molar-refractivity contribution in [3.05, 3.63) is 0 Å². The second kappa shape index (κ2) is 3.69. The van der Waals surface area contributed by atoms with Crippen molar-refractivity contribution in [3.63, 3.8) is 0 Å². The monoisotopic (exact) mass is 184 g/mol. The van der Waals surface area contributed by atoms with E-state index in [0.29, 0.717) is 17.8 Å². The third kappa shape index (κ3) is 2.04. The molecule has 0 bridgehead atoms. The maximum atomic E-state index is 11.1. The van der Waals surface area contributed by atoms with Crippen molar-refractivity contribution in [2.24, 2.45) is 17.3 Å². The summed E-state index contributed by atoms with van der Waals surface area (Å²) in [6.45, 7) is 6.80. The normalized spacial score (nSPS) is 31.7. The van der Waals surface area contributed by atoms with Crippen molar-refractivity contribution in [2.75, 3.05) is 7.11 Å². The summed E-state index contributed by atoms with van der Waals surface area (Å²) in [5.41, 5.74) is 0.300. The molecule has 0 saturated heterocycles. The van der Waals surface area contributed by atoms with E-state index in [0.717, 1.165) is 5.92 Å². The molecule has 0 N–H and O–H groups in total. The predicted octanol–water partition coefficient (Wildman–Crippen LogP) is 2.62. The van der Waals surface area contributed by atoms with E-state index in [4.69, 9.17) is 4.74 Å². The summed E-state index contributed by atoms with van der Waals surface area (Å²) >= 11 is 0. The van der Waals surface area contributed by atoms with Crippen molar-refractivity contribution in [2.45, 2.75) is 40.0 Å². The lowest BCUT2D eigenvalue weighted by molar-refractivity contribution is -0.142. The SMILES string of the molecule is COC(=O)C[C@H]1CC[C@H](C)C1(C)C. The molecule has 0 spiro atoms. The number of rotatable bonds is 2. The second-order valence-electron chi connectivity index (χ2n) is 4.78. The van der Waals surface area contributed by atoms with Crippen LogP contribution in [0.4, 0.5) is 0 Å². The second-order valence-corrected chi connectivity index (χ2v) is 4.78. The van der Waals surface area contributed by atoms with Gasteiger partial charge in [-0.15, -0.1) is 0 Å². The molecule has 13 heavy (non-hydrogen) atoms. The molecule has 0 radical (unpaired) electrons. The van der Waals surface area contributed by atoms with Gasteiger partial charge >= 0.3 is 5.97 Å². The zero-order valence-electron chi connectivity index (χ0n) is 9.09. The number of hydrogen-bond donors (Lipinski definition) is 0. The van der Waals surface area contributed by atoms with E-state index in [-0.39, 0.29) is 5.97 Å². The van der Waals surface area contributed by atoms with Crippen molar-refractivity contribution in [3.8, 4) is 0 Å². The van der Waals surface area contributed by atoms with Gasteiger partial charge in [0.2, 0.25) is 0 Å². The van der Waals surface area contributed by atoms with Gasteiger partial charge in [0.25, 0.3) is 0 Å². The van der Waals surface area contributed by atoms with Gasteiger partial charge in [-0.25, -0.2) is 0 Å². The van der Waals surface area contributed by atoms with Crippen molar-refractivity contribution in [1.29, 1.82) is 0 Å². The highest BCUT2D eigenvalue weighted by atomic mass is 16.5.